The van der Waals surface area contributed by atoms with Crippen molar-refractivity contribution in [2.75, 3.05) is 18.2 Å². The van der Waals surface area contributed by atoms with Crippen LogP contribution in [0.15, 0.2) is 18.2 Å². The van der Waals surface area contributed by atoms with E-state index in [9.17, 15) is 4.79 Å². The Balaban J connectivity index is 1.89. The number of aromatic amines is 1. The summed E-state index contributed by atoms with van der Waals surface area (Å²) in [6.07, 6.45) is 0. The van der Waals surface area contributed by atoms with Gasteiger partial charge in [0.2, 0.25) is 5.91 Å². The Hall–Kier alpha value is -1.95. The Morgan fingerprint density at radius 1 is 1.36 bits per heavy atom. The molecule has 1 heterocycles. The van der Waals surface area contributed by atoms with Gasteiger partial charge in [-0.3, -0.25) is 9.89 Å². The number of nitrogens with one attached hydrogen (secondary N) is 2. The molecule has 2 N–H and O–H groups in total. The number of benzene rings is 1. The van der Waals surface area contributed by atoms with E-state index >= 15 is 0 Å². The first-order valence-electron chi connectivity index (χ1n) is 7.04. The van der Waals surface area contributed by atoms with Crippen LogP contribution in [-0.4, -0.2) is 29.0 Å². The Bertz CT molecular complexity index is 648. The number of anilines is 1. The summed E-state index contributed by atoms with van der Waals surface area (Å²) >= 11 is 1.56. The number of amides is 1. The number of carbonyl (C=O) groups excluding carboxylic acids is 1. The van der Waals surface area contributed by atoms with Crippen molar-refractivity contribution < 1.29 is 9.53 Å². The maximum atomic E-state index is 12.0. The number of hydrogen-bond donors (Lipinski definition) is 2. The minimum Gasteiger partial charge on any atom is -0.496 e. The van der Waals surface area contributed by atoms with E-state index in [0.29, 0.717) is 5.75 Å². The summed E-state index contributed by atoms with van der Waals surface area (Å²) in [4.78, 5) is 12.0. The summed E-state index contributed by atoms with van der Waals surface area (Å²) in [5, 5.41) is 9.82. The van der Waals surface area contributed by atoms with Crippen LogP contribution in [0.25, 0.3) is 0 Å². The minimum absolute atomic E-state index is 0.0239. The molecular formula is C16H21N3O2S. The third-order valence-corrected chi connectivity index (χ3v) is 4.30. The van der Waals surface area contributed by atoms with Gasteiger partial charge in [-0.2, -0.15) is 5.10 Å². The standard InChI is InChI=1S/C16H21N3O2S/c1-10-5-6-14(21-4)13(7-10)8-22-9-15(20)17-16-11(2)18-19-12(16)3/h5-7H,8-9H2,1-4H3,(H,17,20)(H,18,19). The third-order valence-electron chi connectivity index (χ3n) is 3.32. The average Bonchev–Trinajstić information content (AvgIpc) is 2.79. The number of nitrogens with zero attached hydrogens (tertiary/aromatic N) is 1. The normalized spacial score (nSPS) is 10.5. The maximum absolute atomic E-state index is 12.0. The van der Waals surface area contributed by atoms with Crippen LogP contribution in [0.5, 0.6) is 5.75 Å². The molecular weight excluding hydrogens is 298 g/mol. The third kappa shape index (κ3) is 4.04. The zero-order valence-corrected chi connectivity index (χ0v) is 14.1. The lowest BCUT2D eigenvalue weighted by atomic mass is 10.1. The molecule has 0 aliphatic rings. The average molecular weight is 319 g/mol. The number of carbonyl (C=O) groups is 1. The number of aryl methyl sites for hydroxylation is 3. The summed E-state index contributed by atoms with van der Waals surface area (Å²) in [5.74, 6) is 1.97. The van der Waals surface area contributed by atoms with Crippen molar-refractivity contribution in [3.05, 3.63) is 40.7 Å². The first kappa shape index (κ1) is 16.4. The molecule has 1 aromatic carbocycles. The summed E-state index contributed by atoms with van der Waals surface area (Å²) < 4.78 is 5.35. The van der Waals surface area contributed by atoms with Gasteiger partial charge in [-0.25, -0.2) is 0 Å². The van der Waals surface area contributed by atoms with Crippen LogP contribution in [-0.2, 0) is 10.5 Å². The van der Waals surface area contributed by atoms with E-state index in [1.807, 2.05) is 32.9 Å². The van der Waals surface area contributed by atoms with Crippen molar-refractivity contribution >= 4 is 23.4 Å². The number of hydrogen-bond acceptors (Lipinski definition) is 4. The fraction of sp³-hybridized carbons (Fsp3) is 0.375. The second kappa shape index (κ2) is 7.35. The van der Waals surface area contributed by atoms with Gasteiger partial charge in [-0.15, -0.1) is 11.8 Å². The molecule has 22 heavy (non-hydrogen) atoms. The van der Waals surface area contributed by atoms with Crippen molar-refractivity contribution in [1.29, 1.82) is 0 Å². The zero-order valence-electron chi connectivity index (χ0n) is 13.3. The number of ether oxygens (including phenoxy) is 1. The second-order valence-corrected chi connectivity index (χ2v) is 6.15. The van der Waals surface area contributed by atoms with Gasteiger partial charge in [-0.05, 0) is 26.8 Å². The van der Waals surface area contributed by atoms with Gasteiger partial charge in [0.05, 0.1) is 29.9 Å². The molecule has 1 amide bonds. The zero-order chi connectivity index (χ0) is 16.1. The number of methoxy groups -OCH3 is 1. The highest BCUT2D eigenvalue weighted by Gasteiger charge is 2.11. The van der Waals surface area contributed by atoms with Gasteiger partial charge < -0.3 is 10.1 Å². The molecule has 6 heteroatoms. The fourth-order valence-electron chi connectivity index (χ4n) is 2.18. The number of rotatable bonds is 6. The van der Waals surface area contributed by atoms with E-state index in [4.69, 9.17) is 4.74 Å². The van der Waals surface area contributed by atoms with Crippen LogP contribution in [0.1, 0.15) is 22.5 Å². The molecule has 118 valence electrons. The van der Waals surface area contributed by atoms with Crippen LogP contribution in [0, 0.1) is 20.8 Å². The summed E-state index contributed by atoms with van der Waals surface area (Å²) in [7, 11) is 1.66. The Morgan fingerprint density at radius 2 is 2.14 bits per heavy atom. The van der Waals surface area contributed by atoms with Crippen LogP contribution in [0.3, 0.4) is 0 Å². The minimum atomic E-state index is -0.0239. The van der Waals surface area contributed by atoms with Crippen molar-refractivity contribution in [2.24, 2.45) is 0 Å². The van der Waals surface area contributed by atoms with Gasteiger partial charge in [0, 0.05) is 11.3 Å². The monoisotopic (exact) mass is 319 g/mol. The van der Waals surface area contributed by atoms with Crippen LogP contribution in [0.2, 0.25) is 0 Å². The van der Waals surface area contributed by atoms with Gasteiger partial charge in [-0.1, -0.05) is 17.7 Å². The Kier molecular flexibility index (Phi) is 5.49. The first-order chi connectivity index (χ1) is 10.5. The number of H-pyrrole nitrogens is 1. The second-order valence-electron chi connectivity index (χ2n) is 5.17. The first-order valence-corrected chi connectivity index (χ1v) is 8.19. The van der Waals surface area contributed by atoms with Crippen LogP contribution < -0.4 is 10.1 Å². The van der Waals surface area contributed by atoms with Gasteiger partial charge in [0.25, 0.3) is 0 Å². The Morgan fingerprint density at radius 3 is 2.77 bits per heavy atom. The molecule has 2 aromatic rings. The van der Waals surface area contributed by atoms with E-state index in [1.54, 1.807) is 18.9 Å². The molecule has 0 unspecified atom stereocenters. The number of aromatic nitrogens is 2. The summed E-state index contributed by atoms with van der Waals surface area (Å²) in [6, 6.07) is 6.07. The van der Waals surface area contributed by atoms with Gasteiger partial charge in [0.1, 0.15) is 5.75 Å². The van der Waals surface area contributed by atoms with E-state index in [-0.39, 0.29) is 5.91 Å². The lowest BCUT2D eigenvalue weighted by Crippen LogP contribution is -2.15. The van der Waals surface area contributed by atoms with E-state index in [2.05, 4.69) is 21.6 Å². The molecule has 5 nitrogen and oxygen atoms in total. The van der Waals surface area contributed by atoms with E-state index < -0.39 is 0 Å². The molecule has 0 radical (unpaired) electrons. The van der Waals surface area contributed by atoms with E-state index in [0.717, 1.165) is 34.1 Å². The van der Waals surface area contributed by atoms with Crippen molar-refractivity contribution in [3.63, 3.8) is 0 Å². The van der Waals surface area contributed by atoms with Crippen LogP contribution >= 0.6 is 11.8 Å². The summed E-state index contributed by atoms with van der Waals surface area (Å²) in [6.45, 7) is 5.80. The van der Waals surface area contributed by atoms with Gasteiger partial charge in [0.15, 0.2) is 0 Å². The molecule has 0 fully saturated rings. The highest BCUT2D eigenvalue weighted by Crippen LogP contribution is 2.24. The highest BCUT2D eigenvalue weighted by molar-refractivity contribution is 7.99. The predicted octanol–water partition coefficient (Wildman–Crippen LogP) is 3.22. The van der Waals surface area contributed by atoms with E-state index in [1.165, 1.54) is 5.56 Å². The maximum Gasteiger partial charge on any atom is 0.234 e. The van der Waals surface area contributed by atoms with Crippen LogP contribution in [0.4, 0.5) is 5.69 Å². The molecule has 1 aromatic heterocycles. The summed E-state index contributed by atoms with van der Waals surface area (Å²) in [5.41, 5.74) is 4.74. The van der Waals surface area contributed by atoms with Crippen molar-refractivity contribution in [1.82, 2.24) is 10.2 Å². The fourth-order valence-corrected chi connectivity index (χ4v) is 2.99. The number of thioether (sulfide) groups is 1. The van der Waals surface area contributed by atoms with Crippen molar-refractivity contribution in [3.8, 4) is 5.75 Å². The quantitative estimate of drug-likeness (QED) is 0.858. The Labute approximate surface area is 134 Å². The molecule has 0 spiro atoms. The molecule has 0 aliphatic heterocycles. The largest absolute Gasteiger partial charge is 0.496 e. The lowest BCUT2D eigenvalue weighted by Gasteiger charge is -2.09. The molecule has 0 aliphatic carbocycles. The smallest absolute Gasteiger partial charge is 0.234 e. The predicted molar refractivity (Wildman–Crippen MR) is 90.6 cm³/mol. The molecule has 0 saturated carbocycles. The molecule has 0 atom stereocenters. The molecule has 2 rings (SSSR count). The van der Waals surface area contributed by atoms with Gasteiger partial charge >= 0.3 is 0 Å². The highest BCUT2D eigenvalue weighted by atomic mass is 32.2. The van der Waals surface area contributed by atoms with Crippen molar-refractivity contribution in [2.45, 2.75) is 26.5 Å². The molecule has 0 saturated heterocycles. The topological polar surface area (TPSA) is 67.0 Å². The SMILES string of the molecule is COc1ccc(C)cc1CSCC(=O)Nc1c(C)n[nH]c1C. The molecule has 0 bridgehead atoms. The lowest BCUT2D eigenvalue weighted by molar-refractivity contribution is -0.113.